The zero-order chi connectivity index (χ0) is 19.5. The van der Waals surface area contributed by atoms with Crippen molar-refractivity contribution >= 4 is 27.5 Å². The summed E-state index contributed by atoms with van der Waals surface area (Å²) < 4.78 is 41.0. The molecule has 2 aromatic rings. The Morgan fingerprint density at radius 2 is 1.81 bits per heavy atom. The third-order valence-corrected chi connectivity index (χ3v) is 4.86. The lowest BCUT2D eigenvalue weighted by Gasteiger charge is -2.19. The van der Waals surface area contributed by atoms with Crippen molar-refractivity contribution in [3.8, 4) is 5.75 Å². The van der Waals surface area contributed by atoms with Crippen molar-refractivity contribution in [2.45, 2.75) is 30.9 Å². The largest absolute Gasteiger partial charge is 0.479 e. The topological polar surface area (TPSA) is 98.5 Å². The van der Waals surface area contributed by atoms with Gasteiger partial charge in [-0.3, -0.25) is 4.79 Å². The van der Waals surface area contributed by atoms with E-state index in [1.54, 1.807) is 19.1 Å². The van der Waals surface area contributed by atoms with E-state index in [1.165, 1.54) is 31.2 Å². The molecule has 0 aliphatic heterocycles. The molecule has 0 aliphatic rings. The molecule has 0 radical (unpaired) electrons. The van der Waals surface area contributed by atoms with Crippen molar-refractivity contribution in [1.82, 2.24) is 5.32 Å². The lowest BCUT2D eigenvalue weighted by molar-refractivity contribution is -0.127. The normalized spacial score (nSPS) is 13.7. The second kappa shape index (κ2) is 8.03. The SMILES string of the molecule is CC(Oc1ccc(F)cc1Cl)C(=O)NC(C)c1ccc(S(N)(=O)=O)cc1. The van der Waals surface area contributed by atoms with Crippen molar-refractivity contribution in [3.63, 3.8) is 0 Å². The first-order valence-corrected chi connectivity index (χ1v) is 9.55. The second-order valence-corrected chi connectivity index (χ2v) is 7.65. The summed E-state index contributed by atoms with van der Waals surface area (Å²) in [5.74, 6) is -0.717. The van der Waals surface area contributed by atoms with E-state index in [9.17, 15) is 17.6 Å². The quantitative estimate of drug-likeness (QED) is 0.778. The highest BCUT2D eigenvalue weighted by molar-refractivity contribution is 7.89. The Kier molecular flexibility index (Phi) is 6.22. The number of carbonyl (C=O) groups excluding carboxylic acids is 1. The number of hydrogen-bond acceptors (Lipinski definition) is 4. The number of carbonyl (C=O) groups is 1. The van der Waals surface area contributed by atoms with Crippen LogP contribution in [0, 0.1) is 5.82 Å². The number of ether oxygens (including phenoxy) is 1. The third kappa shape index (κ3) is 5.17. The Bertz CT molecular complexity index is 903. The Balaban J connectivity index is 2.01. The molecule has 140 valence electrons. The van der Waals surface area contributed by atoms with Crippen molar-refractivity contribution in [2.75, 3.05) is 0 Å². The maximum absolute atomic E-state index is 13.0. The predicted octanol–water partition coefficient (Wildman–Crippen LogP) is 2.77. The molecule has 0 saturated carbocycles. The first-order chi connectivity index (χ1) is 12.1. The molecule has 2 unspecified atom stereocenters. The molecule has 26 heavy (non-hydrogen) atoms. The number of hydrogen-bond donors (Lipinski definition) is 2. The predicted molar refractivity (Wildman–Crippen MR) is 95.9 cm³/mol. The van der Waals surface area contributed by atoms with Gasteiger partial charge in [0.15, 0.2) is 6.10 Å². The summed E-state index contributed by atoms with van der Waals surface area (Å²) in [5.41, 5.74) is 0.692. The molecule has 0 aromatic heterocycles. The van der Waals surface area contributed by atoms with Gasteiger partial charge in [0.2, 0.25) is 10.0 Å². The minimum atomic E-state index is -3.77. The number of amides is 1. The standard InChI is InChI=1S/C17H18ClFN2O4S/c1-10(12-3-6-14(7-4-12)26(20,23)24)21-17(22)11(2)25-16-8-5-13(19)9-15(16)18/h3-11H,1-2H3,(H,21,22)(H2,20,23,24). The number of halogens is 2. The van der Waals surface area contributed by atoms with Crippen molar-refractivity contribution in [1.29, 1.82) is 0 Å². The van der Waals surface area contributed by atoms with Crippen LogP contribution in [-0.4, -0.2) is 20.4 Å². The van der Waals surface area contributed by atoms with Gasteiger partial charge in [0.05, 0.1) is 16.0 Å². The van der Waals surface area contributed by atoms with Gasteiger partial charge in [0.25, 0.3) is 5.91 Å². The fraction of sp³-hybridized carbons (Fsp3) is 0.235. The molecule has 0 saturated heterocycles. The fourth-order valence-corrected chi connectivity index (χ4v) is 2.90. The van der Waals surface area contributed by atoms with E-state index in [0.717, 1.165) is 6.07 Å². The summed E-state index contributed by atoms with van der Waals surface area (Å²) >= 11 is 5.88. The molecular formula is C17H18ClFN2O4S. The summed E-state index contributed by atoms with van der Waals surface area (Å²) in [6.07, 6.45) is -0.871. The highest BCUT2D eigenvalue weighted by atomic mass is 35.5. The number of benzene rings is 2. The van der Waals surface area contributed by atoms with Crippen LogP contribution >= 0.6 is 11.6 Å². The van der Waals surface area contributed by atoms with Gasteiger partial charge in [-0.15, -0.1) is 0 Å². The number of nitrogens with two attached hydrogens (primary N) is 1. The molecule has 9 heteroatoms. The van der Waals surface area contributed by atoms with E-state index in [1.807, 2.05) is 0 Å². The van der Waals surface area contributed by atoms with Gasteiger partial charge in [-0.2, -0.15) is 0 Å². The van der Waals surface area contributed by atoms with E-state index < -0.39 is 33.9 Å². The van der Waals surface area contributed by atoms with E-state index >= 15 is 0 Å². The highest BCUT2D eigenvalue weighted by Gasteiger charge is 2.19. The van der Waals surface area contributed by atoms with E-state index in [2.05, 4.69) is 5.32 Å². The summed E-state index contributed by atoms with van der Waals surface area (Å²) in [7, 11) is -3.77. The third-order valence-electron chi connectivity index (χ3n) is 3.63. The van der Waals surface area contributed by atoms with E-state index in [4.69, 9.17) is 21.5 Å². The molecule has 2 aromatic carbocycles. The van der Waals surface area contributed by atoms with Crippen LogP contribution in [-0.2, 0) is 14.8 Å². The lowest BCUT2D eigenvalue weighted by Crippen LogP contribution is -2.37. The number of rotatable bonds is 6. The maximum Gasteiger partial charge on any atom is 0.261 e. The molecule has 2 rings (SSSR count). The average Bonchev–Trinajstić information content (AvgIpc) is 2.56. The van der Waals surface area contributed by atoms with Gasteiger partial charge in [-0.1, -0.05) is 23.7 Å². The number of sulfonamides is 1. The fourth-order valence-electron chi connectivity index (χ4n) is 2.18. The second-order valence-electron chi connectivity index (χ2n) is 5.68. The molecule has 1 amide bonds. The van der Waals surface area contributed by atoms with E-state index in [-0.39, 0.29) is 15.7 Å². The molecule has 2 atom stereocenters. The van der Waals surface area contributed by atoms with Crippen LogP contribution in [0.3, 0.4) is 0 Å². The molecule has 3 N–H and O–H groups in total. The van der Waals surface area contributed by atoms with Gasteiger partial charge in [-0.05, 0) is 49.7 Å². The Hall–Kier alpha value is -2.16. The van der Waals surface area contributed by atoms with Crippen LogP contribution in [0.15, 0.2) is 47.4 Å². The highest BCUT2D eigenvalue weighted by Crippen LogP contribution is 2.26. The van der Waals surface area contributed by atoms with Crippen molar-refractivity contribution in [3.05, 3.63) is 58.9 Å². The van der Waals surface area contributed by atoms with Crippen LogP contribution in [0.4, 0.5) is 4.39 Å². The van der Waals surface area contributed by atoms with Crippen LogP contribution in [0.5, 0.6) is 5.75 Å². The Morgan fingerprint density at radius 3 is 2.35 bits per heavy atom. The van der Waals surface area contributed by atoms with Gasteiger partial charge in [0, 0.05) is 0 Å². The van der Waals surface area contributed by atoms with Crippen LogP contribution < -0.4 is 15.2 Å². The smallest absolute Gasteiger partial charge is 0.261 e. The monoisotopic (exact) mass is 400 g/mol. The van der Waals surface area contributed by atoms with Gasteiger partial charge >= 0.3 is 0 Å². The Labute approximate surface area is 156 Å². The average molecular weight is 401 g/mol. The van der Waals surface area contributed by atoms with Crippen LogP contribution in [0.1, 0.15) is 25.5 Å². The van der Waals surface area contributed by atoms with Crippen molar-refractivity contribution < 1.29 is 22.3 Å². The summed E-state index contributed by atoms with van der Waals surface area (Å²) in [5, 5.41) is 7.86. The molecule has 0 bridgehead atoms. The maximum atomic E-state index is 13.0. The minimum Gasteiger partial charge on any atom is -0.479 e. The van der Waals surface area contributed by atoms with Crippen molar-refractivity contribution in [2.24, 2.45) is 5.14 Å². The molecular weight excluding hydrogens is 383 g/mol. The van der Waals surface area contributed by atoms with Crippen LogP contribution in [0.2, 0.25) is 5.02 Å². The van der Waals surface area contributed by atoms with Crippen LogP contribution in [0.25, 0.3) is 0 Å². The molecule has 0 fully saturated rings. The van der Waals surface area contributed by atoms with Gasteiger partial charge in [-0.25, -0.2) is 17.9 Å². The number of nitrogens with one attached hydrogen (secondary N) is 1. The first kappa shape index (κ1) is 20.2. The Morgan fingerprint density at radius 1 is 1.19 bits per heavy atom. The van der Waals surface area contributed by atoms with Gasteiger partial charge < -0.3 is 10.1 Å². The lowest BCUT2D eigenvalue weighted by atomic mass is 10.1. The minimum absolute atomic E-state index is 0.0116. The molecule has 6 nitrogen and oxygen atoms in total. The van der Waals surface area contributed by atoms with E-state index in [0.29, 0.717) is 5.56 Å². The molecule has 0 spiro atoms. The zero-order valence-corrected chi connectivity index (χ0v) is 15.6. The summed E-state index contributed by atoms with van der Waals surface area (Å²) in [6, 6.07) is 9.08. The summed E-state index contributed by atoms with van der Waals surface area (Å²) in [6.45, 7) is 3.27. The zero-order valence-electron chi connectivity index (χ0n) is 14.1. The number of primary sulfonamides is 1. The molecule has 0 heterocycles. The van der Waals surface area contributed by atoms with Gasteiger partial charge in [0.1, 0.15) is 11.6 Å². The first-order valence-electron chi connectivity index (χ1n) is 7.63. The molecule has 0 aliphatic carbocycles. The summed E-state index contributed by atoms with van der Waals surface area (Å²) in [4.78, 5) is 12.3.